The molecule has 2 aromatic carbocycles. The number of phenols is 1. The SMILES string of the molecule is CCCC[C@H]1C(=O)N(C)[C@@H](CCCC)C(=O)N[C@@H](CC(C)C)C(=O)N[C@H](C(=O)NCC(N)=O)CSCC(=O)N[C@@H](Cc2ccc(O)cc2)C(=O)N(C)[C@@H](C)C(=O)N[C@@H](CC(N)=O)C(=O)N2CCC[C@H]2C(=O)N[C@@H](CN)C(=O)N[C@@H](CC(C)C)C(=O)N2C[C@H](O)C[C@H]2C(=O)N[C@@H](Cc2c[nH]c3ccccc23)C(=O)N[C@@H](CCN)C(=O)NC(Cc2cn(COC=O)c3ccncc23)C(=O)N1C. The summed E-state index contributed by atoms with van der Waals surface area (Å²) < 4.78 is 6.72. The number of primary amides is 2. The quantitative estimate of drug-likeness (QED) is 0.0236. The molecule has 21 N–H and O–H groups in total. The number of phenolic OH excluding ortho intramolecular Hbond substituents is 1. The van der Waals surface area contributed by atoms with Gasteiger partial charge < -0.3 is 125 Å². The molecule has 6 heterocycles. The first-order chi connectivity index (χ1) is 63.7. The van der Waals surface area contributed by atoms with Gasteiger partial charge in [-0.25, -0.2) is 0 Å². The molecule has 17 amide bonds. The average Bonchev–Trinajstić information content (AvgIpc) is 1.64. The average molecular weight is 1890 g/mol. The normalized spacial score (nSPS) is 24.9. The molecule has 15 atom stereocenters. The first-order valence-electron chi connectivity index (χ1n) is 45.2. The van der Waals surface area contributed by atoms with Gasteiger partial charge in [0.1, 0.15) is 90.3 Å². The summed E-state index contributed by atoms with van der Waals surface area (Å²) in [5.74, 6) is -17.5. The van der Waals surface area contributed by atoms with Gasteiger partial charge in [0.15, 0.2) is 6.73 Å². The zero-order chi connectivity index (χ0) is 98.5. The van der Waals surface area contributed by atoms with Crippen LogP contribution in [-0.4, -0.2) is 312 Å². The number of aliphatic hydroxyl groups excluding tert-OH is 1. The van der Waals surface area contributed by atoms with Crippen LogP contribution in [0.25, 0.3) is 21.8 Å². The molecule has 44 heteroatoms. The van der Waals surface area contributed by atoms with Crippen molar-refractivity contribution in [1.29, 1.82) is 0 Å². The lowest BCUT2D eigenvalue weighted by Crippen LogP contribution is -2.62. The van der Waals surface area contributed by atoms with E-state index in [0.717, 1.165) is 31.4 Å². The molecule has 3 saturated heterocycles. The Morgan fingerprint density at radius 3 is 1.83 bits per heavy atom. The number of hydrogen-bond acceptors (Lipinski definition) is 25. The fourth-order valence-corrected chi connectivity index (χ4v) is 17.5. The predicted molar refractivity (Wildman–Crippen MR) is 492 cm³/mol. The number of hydrogen-bond donors (Lipinski definition) is 17. The highest BCUT2D eigenvalue weighted by Gasteiger charge is 2.47. The summed E-state index contributed by atoms with van der Waals surface area (Å²) in [6.07, 6.45) is 4.09. The summed E-state index contributed by atoms with van der Waals surface area (Å²) in [5, 5.41) is 49.3. The molecule has 0 bridgehead atoms. The third kappa shape index (κ3) is 29.3. The van der Waals surface area contributed by atoms with Crippen LogP contribution >= 0.6 is 11.8 Å². The molecule has 3 aromatic heterocycles. The Balaban J connectivity index is 1.20. The Kier molecular flexibility index (Phi) is 40.4. The van der Waals surface area contributed by atoms with Crippen molar-refractivity contribution in [2.24, 2.45) is 34.8 Å². The van der Waals surface area contributed by atoms with Gasteiger partial charge in [-0.1, -0.05) is 97.6 Å². The Bertz CT molecular complexity index is 5010. The summed E-state index contributed by atoms with van der Waals surface area (Å²) in [5.41, 5.74) is 26.0. The summed E-state index contributed by atoms with van der Waals surface area (Å²) in [7, 11) is 3.93. The summed E-state index contributed by atoms with van der Waals surface area (Å²) in [6.45, 7) is 9.76. The minimum Gasteiger partial charge on any atom is -0.508 e. The third-order valence-corrected chi connectivity index (χ3v) is 25.0. The lowest BCUT2D eigenvalue weighted by atomic mass is 9.99. The first kappa shape index (κ1) is 107. The Labute approximate surface area is 780 Å². The standard InChI is InChI=1S/C90H130N22O21S/c1-11-13-20-70-83(125)100-61(32-49(3)4)80(122)106-68(78(120)97-42-75(94)117)45-134-46-76(118)98-64(34-52-23-25-55(114)26-24-52)86(128)107(8)51(7)77(119)102-66(38-74(93)116)88(130)111-31-17-22-71(111)84(126)105-67(39-92)82(124)103-63(33-50(5)6)89(131)112-44-56(115)37-73(112)85(127)101-62(35-53-40-96-59-19-16-15-18-57(53)59)81(123)99-60(27-29-91)79(121)104-65(87(129)109(10)72(21-14-12-2)90(132)108(70)9)36-54-43-110(47-133-48-113)69-28-30-95-41-58(54)69/h15-16,18-19,23-26,28,30,40-41,43,48-51,56,60-68,70-73,96,114-115H,11-14,17,20-22,27,29,31-39,42,44-47,91-92H2,1-10H3,(H2,93,116)(H2,94,117)(H,97,120)(H,98,118)(H,99,123)(H,100,125)(H,101,127)(H,102,119)(H,103,124)(H,104,121)(H,105,126)(H,106,122)/t51-,56+,60-,61-,62-,63-,64-,65?,66-,67-,68-,70-,71-,72-,73-/m0/s1. The molecule has 8 rings (SSSR count). The van der Waals surface area contributed by atoms with Gasteiger partial charge in [0, 0.05) is 113 Å². The lowest BCUT2D eigenvalue weighted by molar-refractivity contribution is -0.149. The Morgan fingerprint density at radius 2 is 1.17 bits per heavy atom. The van der Waals surface area contributed by atoms with Crippen LogP contribution in [0.4, 0.5) is 0 Å². The zero-order valence-electron chi connectivity index (χ0n) is 77.4. The number of aromatic hydroxyl groups is 1. The van der Waals surface area contributed by atoms with Gasteiger partial charge in [0.2, 0.25) is 100 Å². The fraction of sp³-hybridized carbons (Fsp3) is 0.567. The number of likely N-dealkylation sites (N-methyl/N-ethyl adjacent to an activating group) is 3. The molecule has 3 fully saturated rings. The highest BCUT2D eigenvalue weighted by Crippen LogP contribution is 2.29. The molecule has 43 nitrogen and oxygen atoms in total. The number of unbranched alkanes of at least 4 members (excludes halogenated alkanes) is 2. The van der Waals surface area contributed by atoms with E-state index in [9.17, 15) is 63.0 Å². The number of aromatic amines is 1. The van der Waals surface area contributed by atoms with E-state index in [4.69, 9.17) is 27.7 Å². The van der Waals surface area contributed by atoms with E-state index < -0.39 is 229 Å². The monoisotopic (exact) mass is 1890 g/mol. The number of ether oxygens (including phenoxy) is 1. The number of H-pyrrole nitrogens is 1. The third-order valence-electron chi connectivity index (χ3n) is 23.9. The molecular formula is C90H130N22O21S. The maximum atomic E-state index is 16.0. The van der Waals surface area contributed by atoms with Crippen LogP contribution in [0.1, 0.15) is 149 Å². The van der Waals surface area contributed by atoms with Gasteiger partial charge in [0.05, 0.1) is 30.3 Å². The minimum atomic E-state index is -1.77. The van der Waals surface area contributed by atoms with Crippen molar-refractivity contribution < 1.29 is 101 Å². The Morgan fingerprint density at radius 1 is 0.597 bits per heavy atom. The smallest absolute Gasteiger partial charge is 0.294 e. The number of carbonyl (C=O) groups excluding carboxylic acids is 18. The molecule has 732 valence electrons. The highest BCUT2D eigenvalue weighted by molar-refractivity contribution is 8.00. The molecule has 5 aromatic rings. The number of thioether (sulfide) groups is 1. The molecule has 1 unspecified atom stereocenters. The van der Waals surface area contributed by atoms with E-state index in [2.05, 4.69) is 63.1 Å². The van der Waals surface area contributed by atoms with Gasteiger partial charge in [-0.15, -0.1) is 11.8 Å². The number of nitrogens with one attached hydrogen (secondary N) is 11. The van der Waals surface area contributed by atoms with Crippen molar-refractivity contribution in [3.05, 3.63) is 96.1 Å². The predicted octanol–water partition coefficient (Wildman–Crippen LogP) is -2.80. The fourth-order valence-electron chi connectivity index (χ4n) is 16.6. The topological polar surface area (TPSA) is 631 Å². The number of pyridine rings is 1. The van der Waals surface area contributed by atoms with Crippen molar-refractivity contribution in [3.63, 3.8) is 0 Å². The number of rotatable bonds is 27. The molecule has 3 aliphatic heterocycles. The van der Waals surface area contributed by atoms with Crippen molar-refractivity contribution >= 4 is 140 Å². The second-order valence-corrected chi connectivity index (χ2v) is 36.1. The van der Waals surface area contributed by atoms with Crippen molar-refractivity contribution in [2.45, 2.75) is 249 Å². The van der Waals surface area contributed by atoms with Crippen LogP contribution in [0.5, 0.6) is 5.75 Å². The van der Waals surface area contributed by atoms with Gasteiger partial charge >= 0.3 is 0 Å². The van der Waals surface area contributed by atoms with E-state index in [0.29, 0.717) is 64.2 Å². The van der Waals surface area contributed by atoms with Gasteiger partial charge in [-0.2, -0.15) is 0 Å². The maximum absolute atomic E-state index is 16.0. The number of para-hydroxylation sites is 1. The second-order valence-electron chi connectivity index (χ2n) is 35.0. The maximum Gasteiger partial charge on any atom is 0.294 e. The van der Waals surface area contributed by atoms with Crippen LogP contribution in [-0.2, 0) is 117 Å². The van der Waals surface area contributed by atoms with Crippen LogP contribution in [0.15, 0.2) is 79.4 Å². The van der Waals surface area contributed by atoms with Crippen molar-refractivity contribution in [2.75, 3.05) is 65.4 Å². The molecule has 0 spiro atoms. The molecular weight excluding hydrogens is 1760 g/mol. The first-order valence-corrected chi connectivity index (χ1v) is 46.3. The highest BCUT2D eigenvalue weighted by atomic mass is 32.2. The number of nitrogens with two attached hydrogens (primary N) is 4. The lowest BCUT2D eigenvalue weighted by Gasteiger charge is -2.36. The van der Waals surface area contributed by atoms with Crippen molar-refractivity contribution in [3.8, 4) is 5.75 Å². The van der Waals surface area contributed by atoms with Crippen LogP contribution in [0, 0.1) is 11.8 Å². The number of carbonyl (C=O) groups is 18. The molecule has 0 radical (unpaired) electrons. The minimum absolute atomic E-state index is 0.00796. The zero-order valence-corrected chi connectivity index (χ0v) is 78.2. The summed E-state index contributed by atoms with van der Waals surface area (Å²) in [4.78, 5) is 274. The van der Waals surface area contributed by atoms with Gasteiger partial charge in [0.25, 0.3) is 6.47 Å². The number of aliphatic hydroxyl groups is 1. The number of nitrogens with zero attached hydrogens (tertiary/aromatic N) is 7. The summed E-state index contributed by atoms with van der Waals surface area (Å²) in [6, 6.07) is -7.13. The second kappa shape index (κ2) is 50.9. The largest absolute Gasteiger partial charge is 0.508 e. The number of benzene rings is 2. The van der Waals surface area contributed by atoms with Crippen LogP contribution in [0.2, 0.25) is 0 Å². The Hall–Kier alpha value is -12.8. The van der Waals surface area contributed by atoms with Crippen LogP contribution < -0.4 is 76.1 Å². The van der Waals surface area contributed by atoms with Crippen molar-refractivity contribution in [1.82, 2.24) is 92.2 Å². The number of fused-ring (bicyclic) bond motifs is 4. The number of amides is 17. The molecule has 0 aliphatic carbocycles. The van der Waals surface area contributed by atoms with Gasteiger partial charge in [-0.05, 0) is 111 Å². The van der Waals surface area contributed by atoms with Crippen LogP contribution in [0.3, 0.4) is 0 Å². The summed E-state index contributed by atoms with van der Waals surface area (Å²) >= 11 is 0.788. The number of aromatic nitrogens is 3. The van der Waals surface area contributed by atoms with E-state index in [-0.39, 0.29) is 115 Å². The van der Waals surface area contributed by atoms with E-state index in [1.165, 1.54) is 69.6 Å². The van der Waals surface area contributed by atoms with E-state index in [1.807, 2.05) is 13.8 Å². The molecule has 0 saturated carbocycles. The molecule has 134 heavy (non-hydrogen) atoms. The van der Waals surface area contributed by atoms with Gasteiger partial charge in [-0.3, -0.25) is 91.3 Å². The molecule has 3 aliphatic rings. The van der Waals surface area contributed by atoms with E-state index in [1.54, 1.807) is 75.0 Å². The van der Waals surface area contributed by atoms with E-state index >= 15 is 33.6 Å².